The van der Waals surface area contributed by atoms with Gasteiger partial charge < -0.3 is 35.0 Å². The third-order valence-corrected chi connectivity index (χ3v) is 10.4. The molecule has 11 nitrogen and oxygen atoms in total. The molecule has 2 amide bonds. The van der Waals surface area contributed by atoms with Crippen molar-refractivity contribution in [2.45, 2.75) is 60.8 Å². The van der Waals surface area contributed by atoms with E-state index in [4.69, 9.17) is 9.98 Å². The van der Waals surface area contributed by atoms with Crippen molar-refractivity contribution >= 4 is 75.7 Å². The van der Waals surface area contributed by atoms with Crippen LogP contribution in [0.15, 0.2) is 143 Å². The number of nitrogens with zero attached hydrogens (tertiary/aromatic N) is 2. The lowest BCUT2D eigenvalue weighted by Crippen LogP contribution is -2.20. The highest BCUT2D eigenvalue weighted by atomic mass is 32.1. The molecule has 326 valence electrons. The van der Waals surface area contributed by atoms with Crippen molar-refractivity contribution in [1.82, 2.24) is 9.97 Å². The molecule has 8 rings (SSSR count). The molecule has 6 bridgehead atoms. The minimum atomic E-state index is -0.377. The van der Waals surface area contributed by atoms with Gasteiger partial charge in [0, 0.05) is 27.9 Å². The van der Waals surface area contributed by atoms with Crippen molar-refractivity contribution in [3.05, 3.63) is 166 Å². The summed E-state index contributed by atoms with van der Waals surface area (Å²) in [6.45, 7) is 13.5. The highest BCUT2D eigenvalue weighted by Crippen LogP contribution is 2.44. The second-order valence-electron chi connectivity index (χ2n) is 15.7. The molecule has 1 aliphatic rings. The van der Waals surface area contributed by atoms with Gasteiger partial charge in [-0.25, -0.2) is 0 Å². The molecule has 0 radical (unpaired) electrons. The van der Waals surface area contributed by atoms with Gasteiger partial charge in [-0.05, 0) is 115 Å². The maximum absolute atomic E-state index is 14.4. The van der Waals surface area contributed by atoms with Crippen LogP contribution in [-0.2, 0) is 19.8 Å². The molecule has 0 saturated carbocycles. The van der Waals surface area contributed by atoms with Crippen molar-refractivity contribution < 1.29 is 24.0 Å². The normalized spacial score (nSPS) is 12.6. The van der Waals surface area contributed by atoms with Gasteiger partial charge in [-0.3, -0.25) is 19.6 Å². The number of hydrogen-bond acceptors (Lipinski definition) is 8. The predicted octanol–water partition coefficient (Wildman–Crippen LogP) is 12.2. The summed E-state index contributed by atoms with van der Waals surface area (Å²) >= 11 is 1.16. The second-order valence-corrected chi connectivity index (χ2v) is 16.7. The van der Waals surface area contributed by atoms with E-state index in [1.54, 1.807) is 12.4 Å². The molecule has 0 spiro atoms. The Morgan fingerprint density at radius 1 is 0.469 bits per heavy atom. The fourth-order valence-corrected chi connectivity index (χ4v) is 7.52. The minimum absolute atomic E-state index is 0.167. The van der Waals surface area contributed by atoms with E-state index in [1.165, 1.54) is 41.5 Å². The number of carbonyl (C=O) groups excluding carboxylic acids is 5. The largest absolute Gasteiger partial charge is 0.357 e. The van der Waals surface area contributed by atoms with Crippen LogP contribution >= 0.6 is 11.3 Å². The monoisotopic (exact) mass is 872 g/mol. The summed E-state index contributed by atoms with van der Waals surface area (Å²) in [6.07, 6.45) is 3.52. The van der Waals surface area contributed by atoms with Crippen LogP contribution in [0.1, 0.15) is 97.5 Å². The van der Waals surface area contributed by atoms with Gasteiger partial charge in [-0.2, -0.15) is 0 Å². The lowest BCUT2D eigenvalue weighted by Gasteiger charge is -2.22. The SMILES string of the molecule is CC(C)=O.CC(C)=O.CC(C)=O.CC1(C)c2ccc([nH]2)C=Nc2ccccc2NC(=O)c2sc(c(-c3ccccc3)c2-c2ccccc2)C(=O)Nc2ccccc2N=Cc2ccc1[nH]2. The van der Waals surface area contributed by atoms with E-state index in [0.717, 1.165) is 45.2 Å². The highest BCUT2D eigenvalue weighted by Gasteiger charge is 2.30. The first-order valence-corrected chi connectivity index (χ1v) is 21.3. The van der Waals surface area contributed by atoms with Gasteiger partial charge in [-0.15, -0.1) is 11.3 Å². The molecule has 4 aromatic carbocycles. The Bertz CT molecular complexity index is 2600. The van der Waals surface area contributed by atoms with Gasteiger partial charge >= 0.3 is 0 Å². The van der Waals surface area contributed by atoms with E-state index < -0.39 is 0 Å². The maximum atomic E-state index is 14.4. The molecule has 0 atom stereocenters. The Labute approximate surface area is 377 Å². The van der Waals surface area contributed by atoms with Crippen molar-refractivity contribution in [2.75, 3.05) is 10.6 Å². The van der Waals surface area contributed by atoms with E-state index in [9.17, 15) is 24.0 Å². The number of para-hydroxylation sites is 4. The molecule has 4 heterocycles. The number of aromatic amines is 2. The summed E-state index contributed by atoms with van der Waals surface area (Å²) < 4.78 is 0. The van der Waals surface area contributed by atoms with Crippen LogP contribution < -0.4 is 10.6 Å². The van der Waals surface area contributed by atoms with Crippen LogP contribution in [0.25, 0.3) is 22.3 Å². The van der Waals surface area contributed by atoms with Gasteiger partial charge in [0.05, 0.1) is 46.6 Å². The average molecular weight is 873 g/mol. The Morgan fingerprint density at radius 2 is 0.797 bits per heavy atom. The number of hydrogen-bond donors (Lipinski definition) is 4. The number of thiophene rings is 1. The van der Waals surface area contributed by atoms with Crippen molar-refractivity contribution in [3.63, 3.8) is 0 Å². The third kappa shape index (κ3) is 12.7. The Kier molecular flexibility index (Phi) is 16.3. The summed E-state index contributed by atoms with van der Waals surface area (Å²) in [5.74, 6) is -0.188. The van der Waals surface area contributed by atoms with Gasteiger partial charge in [-0.1, -0.05) is 84.9 Å². The Hall–Kier alpha value is -7.57. The molecule has 1 aliphatic heterocycles. The third-order valence-electron chi connectivity index (χ3n) is 9.20. The van der Waals surface area contributed by atoms with E-state index in [2.05, 4.69) is 46.6 Å². The van der Waals surface area contributed by atoms with Crippen LogP contribution in [0.5, 0.6) is 0 Å². The topological polar surface area (TPSA) is 166 Å². The fourth-order valence-electron chi connectivity index (χ4n) is 6.38. The Balaban J connectivity index is 0.000000574. The second kappa shape index (κ2) is 22.0. The number of ketones is 3. The number of aromatic nitrogens is 2. The average Bonchev–Trinajstić information content (AvgIpc) is 4.03. The first kappa shape index (κ1) is 47.5. The zero-order chi connectivity index (χ0) is 46.4. The van der Waals surface area contributed by atoms with Crippen LogP contribution in [0.2, 0.25) is 0 Å². The van der Waals surface area contributed by atoms with E-state index >= 15 is 0 Å². The lowest BCUT2D eigenvalue weighted by atomic mass is 9.86. The summed E-state index contributed by atoms with van der Waals surface area (Å²) in [7, 11) is 0. The standard InChI is InChI=1S/C43H34N6O2S.3C3H6O/c1-43(2)35-23-21-29(46-35)25-44-31-17-9-11-19-33(31)48-41(50)39-37(27-13-5-3-6-14-27)38(28-15-7-4-8-16-28)40(52-39)42(51)49-34-20-12-10-18-32(34)45-26-30-22-24-36(43)47-30;3*1-3(2)4/h3-26,46-47H,1-2H3,(H,48,50)(H,49,51);3*1-2H3. The first-order valence-electron chi connectivity index (χ1n) is 20.5. The summed E-state index contributed by atoms with van der Waals surface area (Å²) in [5.41, 5.74) is 8.55. The number of H-pyrrole nitrogens is 2. The van der Waals surface area contributed by atoms with Gasteiger partial charge in [0.25, 0.3) is 11.8 Å². The van der Waals surface area contributed by atoms with E-state index in [1.807, 2.05) is 121 Å². The molecular weight excluding hydrogens is 821 g/mol. The fraction of sp³-hybridized carbons (Fsp3) is 0.173. The lowest BCUT2D eigenvalue weighted by molar-refractivity contribution is -0.115. The molecule has 3 aromatic heterocycles. The highest BCUT2D eigenvalue weighted by molar-refractivity contribution is 7.17. The number of Topliss-reactive ketones (excluding diaryl/α,β-unsaturated/α-hetero) is 3. The summed E-state index contributed by atoms with van der Waals surface area (Å²) in [6, 6.07) is 42.4. The zero-order valence-corrected chi connectivity index (χ0v) is 38.0. The zero-order valence-electron chi connectivity index (χ0n) is 37.2. The van der Waals surface area contributed by atoms with Gasteiger partial charge in [0.1, 0.15) is 27.1 Å². The molecule has 0 saturated heterocycles. The molecule has 7 aromatic rings. The molecule has 0 aliphatic carbocycles. The number of carbonyl (C=O) groups is 5. The number of aliphatic imine (C=N–C) groups is 2. The quantitative estimate of drug-likeness (QED) is 0.135. The van der Waals surface area contributed by atoms with Crippen molar-refractivity contribution in [3.8, 4) is 22.3 Å². The van der Waals surface area contributed by atoms with Gasteiger partial charge in [0.15, 0.2) is 0 Å². The molecule has 12 heteroatoms. The Morgan fingerprint density at radius 3 is 1.16 bits per heavy atom. The summed E-state index contributed by atoms with van der Waals surface area (Å²) in [5, 5.41) is 6.24. The molecular formula is C52H52N6O5S. The van der Waals surface area contributed by atoms with Crippen molar-refractivity contribution in [2.24, 2.45) is 9.98 Å². The summed E-state index contributed by atoms with van der Waals surface area (Å²) in [4.78, 5) is 74.6. The van der Waals surface area contributed by atoms with Crippen LogP contribution in [-0.4, -0.2) is 51.6 Å². The predicted molar refractivity (Wildman–Crippen MR) is 261 cm³/mol. The van der Waals surface area contributed by atoms with Gasteiger partial charge in [0.2, 0.25) is 0 Å². The number of benzene rings is 4. The molecule has 4 N–H and O–H groups in total. The van der Waals surface area contributed by atoms with Crippen LogP contribution in [0.4, 0.5) is 22.7 Å². The molecule has 0 unspecified atom stereocenters. The first-order chi connectivity index (χ1) is 30.5. The number of amides is 2. The number of rotatable bonds is 2. The van der Waals surface area contributed by atoms with E-state index in [-0.39, 0.29) is 34.6 Å². The van der Waals surface area contributed by atoms with Crippen molar-refractivity contribution in [1.29, 1.82) is 0 Å². The maximum Gasteiger partial charge on any atom is 0.266 e. The number of anilines is 2. The molecule has 0 fully saturated rings. The number of fused-ring (bicyclic) bond motifs is 8. The van der Waals surface area contributed by atoms with Crippen LogP contribution in [0, 0.1) is 0 Å². The van der Waals surface area contributed by atoms with E-state index in [0.29, 0.717) is 43.6 Å². The molecule has 64 heavy (non-hydrogen) atoms. The minimum Gasteiger partial charge on any atom is -0.357 e. The van der Waals surface area contributed by atoms with Crippen LogP contribution in [0.3, 0.4) is 0 Å². The smallest absolute Gasteiger partial charge is 0.266 e. The number of nitrogens with one attached hydrogen (secondary N) is 4.